The molecule has 2 N–H and O–H groups in total. The summed E-state index contributed by atoms with van der Waals surface area (Å²) in [5.74, 6) is -0.0901. The zero-order chi connectivity index (χ0) is 21.0. The van der Waals surface area contributed by atoms with Gasteiger partial charge in [0.25, 0.3) is 5.56 Å². The lowest BCUT2D eigenvalue weighted by Gasteiger charge is -2.19. The van der Waals surface area contributed by atoms with Crippen molar-refractivity contribution in [3.63, 3.8) is 0 Å². The highest BCUT2D eigenvalue weighted by molar-refractivity contribution is 7.98. The monoisotopic (exact) mass is 410 g/mol. The van der Waals surface area contributed by atoms with Crippen LogP contribution in [-0.2, 0) is 17.8 Å². The van der Waals surface area contributed by atoms with Crippen molar-refractivity contribution in [3.8, 4) is 0 Å². The largest absolute Gasteiger partial charge is 0.389 e. The molecule has 1 heterocycles. The molecule has 29 heavy (non-hydrogen) atoms. The second kappa shape index (κ2) is 8.84. The molecule has 5 nitrogen and oxygen atoms in total. The predicted octanol–water partition coefficient (Wildman–Crippen LogP) is 4.07. The Balaban J connectivity index is 1.76. The van der Waals surface area contributed by atoms with E-state index < -0.39 is 5.60 Å². The molecule has 0 aliphatic carbocycles. The van der Waals surface area contributed by atoms with E-state index in [4.69, 9.17) is 0 Å². The van der Waals surface area contributed by atoms with Gasteiger partial charge in [0.05, 0.1) is 12.1 Å². The van der Waals surface area contributed by atoms with Crippen molar-refractivity contribution in [1.29, 1.82) is 0 Å². The van der Waals surface area contributed by atoms with Gasteiger partial charge in [-0.25, -0.2) is 0 Å². The fourth-order valence-corrected chi connectivity index (χ4v) is 3.75. The molecule has 0 unspecified atom stereocenters. The molecule has 3 aromatic rings. The number of aromatic nitrogens is 1. The standard InChI is InChI=1S/C23H26N2O3S/c1-23(2,28)15-25-13-12-18-19(22(25)27)8-5-9-20(18)24-21(26)11-10-16-6-4-7-17(14-16)29-3/h4-9,12-14,28H,10-11,15H2,1-3H3,(H,24,26). The van der Waals surface area contributed by atoms with Crippen molar-refractivity contribution in [3.05, 3.63) is 70.6 Å². The van der Waals surface area contributed by atoms with Crippen molar-refractivity contribution >= 4 is 34.1 Å². The van der Waals surface area contributed by atoms with E-state index in [1.165, 1.54) is 9.46 Å². The number of aliphatic hydroxyl groups is 1. The summed E-state index contributed by atoms with van der Waals surface area (Å²) >= 11 is 1.68. The van der Waals surface area contributed by atoms with Gasteiger partial charge in [-0.15, -0.1) is 11.8 Å². The van der Waals surface area contributed by atoms with Crippen LogP contribution in [0.3, 0.4) is 0 Å². The van der Waals surface area contributed by atoms with E-state index in [0.717, 1.165) is 5.56 Å². The van der Waals surface area contributed by atoms with Gasteiger partial charge in [0.1, 0.15) is 0 Å². The van der Waals surface area contributed by atoms with Gasteiger partial charge in [0.2, 0.25) is 5.91 Å². The lowest BCUT2D eigenvalue weighted by Crippen LogP contribution is -2.32. The highest BCUT2D eigenvalue weighted by atomic mass is 32.2. The Morgan fingerprint density at radius 3 is 2.62 bits per heavy atom. The maximum absolute atomic E-state index is 12.8. The Hall–Kier alpha value is -2.57. The lowest BCUT2D eigenvalue weighted by molar-refractivity contribution is -0.116. The van der Waals surface area contributed by atoms with Crippen LogP contribution in [0.1, 0.15) is 25.8 Å². The minimum absolute atomic E-state index is 0.0901. The van der Waals surface area contributed by atoms with Crippen LogP contribution in [-0.4, -0.2) is 27.4 Å². The molecule has 1 aromatic heterocycles. The normalized spacial score (nSPS) is 11.6. The number of carbonyl (C=O) groups excluding carboxylic acids is 1. The Morgan fingerprint density at radius 2 is 1.90 bits per heavy atom. The number of aryl methyl sites for hydroxylation is 1. The van der Waals surface area contributed by atoms with Crippen LogP contribution in [0.4, 0.5) is 5.69 Å². The van der Waals surface area contributed by atoms with Crippen LogP contribution in [0, 0.1) is 0 Å². The summed E-state index contributed by atoms with van der Waals surface area (Å²) in [6, 6.07) is 15.3. The SMILES string of the molecule is CSc1cccc(CCC(=O)Nc2cccc3c(=O)n(CC(C)(C)O)ccc23)c1. The van der Waals surface area contributed by atoms with Gasteiger partial charge in [-0.05, 0) is 62.4 Å². The van der Waals surface area contributed by atoms with E-state index in [-0.39, 0.29) is 18.0 Å². The number of nitrogens with zero attached hydrogens (tertiary/aromatic N) is 1. The number of nitrogens with one attached hydrogen (secondary N) is 1. The molecule has 0 spiro atoms. The summed E-state index contributed by atoms with van der Waals surface area (Å²) < 4.78 is 1.49. The van der Waals surface area contributed by atoms with E-state index in [1.54, 1.807) is 56.1 Å². The van der Waals surface area contributed by atoms with Crippen molar-refractivity contribution in [2.75, 3.05) is 11.6 Å². The Kier molecular flexibility index (Phi) is 6.45. The van der Waals surface area contributed by atoms with E-state index in [9.17, 15) is 14.7 Å². The van der Waals surface area contributed by atoms with Gasteiger partial charge in [0.15, 0.2) is 0 Å². The van der Waals surface area contributed by atoms with Crippen molar-refractivity contribution in [2.24, 2.45) is 0 Å². The molecule has 1 amide bonds. The molecule has 3 rings (SSSR count). The molecule has 6 heteroatoms. The number of rotatable bonds is 7. The predicted molar refractivity (Wildman–Crippen MR) is 120 cm³/mol. The fraction of sp³-hybridized carbons (Fsp3) is 0.304. The Morgan fingerprint density at radius 1 is 1.14 bits per heavy atom. The van der Waals surface area contributed by atoms with Crippen LogP contribution in [0.25, 0.3) is 10.8 Å². The number of anilines is 1. The minimum atomic E-state index is -0.989. The van der Waals surface area contributed by atoms with Crippen LogP contribution in [0.5, 0.6) is 0 Å². The molecule has 152 valence electrons. The minimum Gasteiger partial charge on any atom is -0.389 e. The molecule has 0 fully saturated rings. The summed E-state index contributed by atoms with van der Waals surface area (Å²) in [5, 5.41) is 14.2. The molecule has 0 aliphatic heterocycles. The summed E-state index contributed by atoms with van der Waals surface area (Å²) in [6.45, 7) is 3.53. The summed E-state index contributed by atoms with van der Waals surface area (Å²) in [5.41, 5.74) is 0.573. The van der Waals surface area contributed by atoms with Gasteiger partial charge < -0.3 is 15.0 Å². The molecule has 0 atom stereocenters. The summed E-state index contributed by atoms with van der Waals surface area (Å²) in [4.78, 5) is 26.4. The smallest absolute Gasteiger partial charge is 0.258 e. The third-order valence-corrected chi connectivity index (χ3v) is 5.35. The van der Waals surface area contributed by atoms with E-state index in [1.807, 2.05) is 18.4 Å². The molecular formula is C23H26N2O3S. The number of carbonyl (C=O) groups is 1. The number of pyridine rings is 1. The second-order valence-corrected chi connectivity index (χ2v) is 8.61. The van der Waals surface area contributed by atoms with E-state index in [0.29, 0.717) is 29.3 Å². The molecular weight excluding hydrogens is 384 g/mol. The van der Waals surface area contributed by atoms with Crippen LogP contribution in [0.2, 0.25) is 0 Å². The van der Waals surface area contributed by atoms with Gasteiger partial charge in [-0.1, -0.05) is 18.2 Å². The van der Waals surface area contributed by atoms with Crippen molar-refractivity contribution < 1.29 is 9.90 Å². The second-order valence-electron chi connectivity index (χ2n) is 7.73. The highest BCUT2D eigenvalue weighted by Crippen LogP contribution is 2.22. The third-order valence-electron chi connectivity index (χ3n) is 4.62. The zero-order valence-corrected chi connectivity index (χ0v) is 17.8. The first-order valence-electron chi connectivity index (χ1n) is 9.54. The average Bonchev–Trinajstić information content (AvgIpc) is 2.68. The maximum Gasteiger partial charge on any atom is 0.258 e. The molecule has 0 bridgehead atoms. The Bertz CT molecular complexity index is 1080. The van der Waals surface area contributed by atoms with Crippen LogP contribution < -0.4 is 10.9 Å². The first kappa shape index (κ1) is 21.1. The first-order valence-corrected chi connectivity index (χ1v) is 10.8. The summed E-state index contributed by atoms with van der Waals surface area (Å²) in [7, 11) is 0. The van der Waals surface area contributed by atoms with Gasteiger partial charge in [0, 0.05) is 34.0 Å². The van der Waals surface area contributed by atoms with Gasteiger partial charge in [-0.3, -0.25) is 9.59 Å². The van der Waals surface area contributed by atoms with Gasteiger partial charge in [-0.2, -0.15) is 0 Å². The van der Waals surface area contributed by atoms with Crippen molar-refractivity contribution in [1.82, 2.24) is 4.57 Å². The topological polar surface area (TPSA) is 71.3 Å². The molecule has 0 saturated heterocycles. The van der Waals surface area contributed by atoms with Crippen LogP contribution >= 0.6 is 11.8 Å². The number of benzene rings is 2. The number of hydrogen-bond acceptors (Lipinski definition) is 4. The van der Waals surface area contributed by atoms with Crippen LogP contribution in [0.15, 0.2) is 64.4 Å². The average molecular weight is 411 g/mol. The molecule has 0 radical (unpaired) electrons. The van der Waals surface area contributed by atoms with Gasteiger partial charge >= 0.3 is 0 Å². The lowest BCUT2D eigenvalue weighted by atomic mass is 10.1. The van der Waals surface area contributed by atoms with E-state index >= 15 is 0 Å². The molecule has 0 saturated carbocycles. The molecule has 2 aromatic carbocycles. The first-order chi connectivity index (χ1) is 13.8. The highest BCUT2D eigenvalue weighted by Gasteiger charge is 2.16. The third kappa shape index (κ3) is 5.49. The van der Waals surface area contributed by atoms with Crippen molar-refractivity contribution in [2.45, 2.75) is 43.7 Å². The number of hydrogen-bond donors (Lipinski definition) is 2. The quantitative estimate of drug-likeness (QED) is 0.576. The number of amides is 1. The number of fused-ring (bicyclic) bond motifs is 1. The number of thioether (sulfide) groups is 1. The maximum atomic E-state index is 12.8. The van der Waals surface area contributed by atoms with E-state index in [2.05, 4.69) is 17.4 Å². The summed E-state index contributed by atoms with van der Waals surface area (Å²) in [6.07, 6.45) is 4.71. The fourth-order valence-electron chi connectivity index (χ4n) is 3.27. The Labute approximate surface area is 174 Å². The molecule has 0 aliphatic rings. The zero-order valence-electron chi connectivity index (χ0n) is 16.9.